The van der Waals surface area contributed by atoms with Gasteiger partial charge >= 0.3 is 0 Å². The van der Waals surface area contributed by atoms with Gasteiger partial charge in [-0.15, -0.1) is 0 Å². The van der Waals surface area contributed by atoms with E-state index in [4.69, 9.17) is 0 Å². The van der Waals surface area contributed by atoms with Crippen LogP contribution in [0.25, 0.3) is 55.0 Å². The van der Waals surface area contributed by atoms with Crippen LogP contribution in [0.1, 0.15) is 112 Å². The van der Waals surface area contributed by atoms with Gasteiger partial charge in [-0.25, -0.2) is 0 Å². The number of hydrogen-bond donors (Lipinski definition) is 0. The minimum atomic E-state index is -0.0287. The summed E-state index contributed by atoms with van der Waals surface area (Å²) in [6.07, 6.45) is 0. The first-order chi connectivity index (χ1) is 23.7. The number of aromatic nitrogens is 2. The van der Waals surface area contributed by atoms with Crippen LogP contribution < -0.4 is 10.9 Å². The minimum absolute atomic E-state index is 0.0249. The summed E-state index contributed by atoms with van der Waals surface area (Å²) in [5.74, 6) is 1.30. The Morgan fingerprint density at radius 2 is 0.740 bits per heavy atom. The van der Waals surface area contributed by atoms with Crippen molar-refractivity contribution in [2.24, 2.45) is 0 Å². The molecule has 4 nitrogen and oxygen atoms in total. The van der Waals surface area contributed by atoms with Crippen molar-refractivity contribution in [3.63, 3.8) is 0 Å². The van der Waals surface area contributed by atoms with Gasteiger partial charge in [-0.05, 0) is 126 Å². The molecule has 0 aliphatic rings. The molecule has 2 heterocycles. The van der Waals surface area contributed by atoms with Crippen molar-refractivity contribution in [3.05, 3.63) is 139 Å². The third kappa shape index (κ3) is 5.55. The average molecular weight is 661 g/mol. The number of fused-ring (bicyclic) bond motifs is 4. The second-order valence-electron chi connectivity index (χ2n) is 15.6. The molecule has 0 N–H and O–H groups in total. The third-order valence-electron chi connectivity index (χ3n) is 10.5. The maximum absolute atomic E-state index is 14.7. The highest BCUT2D eigenvalue weighted by Gasteiger charge is 2.21. The van der Waals surface area contributed by atoms with Crippen LogP contribution in [0, 0.1) is 13.8 Å². The highest BCUT2D eigenvalue weighted by molar-refractivity contribution is 6.05. The van der Waals surface area contributed by atoms with Crippen molar-refractivity contribution in [2.75, 3.05) is 0 Å². The average Bonchev–Trinajstić information content (AvgIpc) is 3.08. The van der Waals surface area contributed by atoms with Gasteiger partial charge in [-0.3, -0.25) is 9.59 Å². The fourth-order valence-corrected chi connectivity index (χ4v) is 7.37. The number of benzene rings is 5. The quantitative estimate of drug-likeness (QED) is 0.167. The Labute approximate surface area is 295 Å². The van der Waals surface area contributed by atoms with Crippen molar-refractivity contribution in [1.29, 1.82) is 0 Å². The second-order valence-corrected chi connectivity index (χ2v) is 15.6. The minimum Gasteiger partial charge on any atom is -0.309 e. The van der Waals surface area contributed by atoms with E-state index in [1.54, 1.807) is 0 Å². The van der Waals surface area contributed by atoms with E-state index in [0.717, 1.165) is 44.6 Å². The molecule has 0 spiro atoms. The smallest absolute Gasteiger partial charge is 0.197 e. The summed E-state index contributed by atoms with van der Waals surface area (Å²) in [5.41, 5.74) is 12.2. The molecule has 2 aromatic heterocycles. The third-order valence-corrected chi connectivity index (χ3v) is 10.5. The maximum atomic E-state index is 14.7. The van der Waals surface area contributed by atoms with Crippen molar-refractivity contribution in [3.8, 4) is 11.4 Å². The summed E-state index contributed by atoms with van der Waals surface area (Å²) in [4.78, 5) is 29.3. The standard InChI is InChI=1S/C46H48N2O2/c1-25(2)31-17-32(26(3)4)20-35(19-31)47-41-14-12-29(9)15-38(41)46(50)40-24-44-39(23-43(40)47)45(49)37-13-11-30(10)16-42(37)48(44)36-21-33(27(5)6)18-34(22-36)28(7)8/h11-28H,1-10H3. The van der Waals surface area contributed by atoms with Crippen molar-refractivity contribution < 1.29 is 0 Å². The first-order valence-corrected chi connectivity index (χ1v) is 18.1. The molecule has 0 saturated carbocycles. The second kappa shape index (κ2) is 12.4. The summed E-state index contributed by atoms with van der Waals surface area (Å²) in [5, 5.41) is 2.53. The van der Waals surface area contributed by atoms with E-state index in [0.29, 0.717) is 45.2 Å². The highest BCUT2D eigenvalue weighted by Crippen LogP contribution is 2.35. The van der Waals surface area contributed by atoms with Crippen LogP contribution >= 0.6 is 0 Å². The van der Waals surface area contributed by atoms with Gasteiger partial charge in [0.1, 0.15) is 0 Å². The van der Waals surface area contributed by atoms with E-state index in [1.807, 2.05) is 37.3 Å². The van der Waals surface area contributed by atoms with Crippen LogP contribution in [-0.2, 0) is 0 Å². The largest absolute Gasteiger partial charge is 0.309 e. The molecular weight excluding hydrogens is 613 g/mol. The highest BCUT2D eigenvalue weighted by atomic mass is 16.1. The van der Waals surface area contributed by atoms with Gasteiger partial charge in [0, 0.05) is 32.9 Å². The molecule has 0 radical (unpaired) electrons. The SMILES string of the molecule is Cc1ccc2c(c1)c(=O)c1cc3c(cc1n2-c1cc(C(C)C)cc(C(C)C)c1)c(=O)c1ccc(C)cc1n3-c1cc(C(C)C)cc(C(C)C)c1. The first kappa shape index (κ1) is 33.5. The monoisotopic (exact) mass is 660 g/mol. The number of nitrogens with zero attached hydrogens (tertiary/aromatic N) is 2. The molecule has 0 bridgehead atoms. The molecule has 254 valence electrons. The number of rotatable bonds is 6. The molecule has 7 rings (SSSR count). The molecule has 0 aliphatic heterocycles. The zero-order chi connectivity index (χ0) is 35.8. The van der Waals surface area contributed by atoms with E-state index in [9.17, 15) is 9.59 Å². The Morgan fingerprint density at radius 3 is 1.20 bits per heavy atom. The van der Waals surface area contributed by atoms with E-state index < -0.39 is 0 Å². The van der Waals surface area contributed by atoms with Gasteiger partial charge in [0.2, 0.25) is 0 Å². The topological polar surface area (TPSA) is 44.0 Å². The molecule has 0 aliphatic carbocycles. The Morgan fingerprint density at radius 1 is 0.380 bits per heavy atom. The lowest BCUT2D eigenvalue weighted by Gasteiger charge is -2.22. The molecule has 4 heteroatoms. The molecule has 0 amide bonds. The number of aryl methyl sites for hydroxylation is 2. The van der Waals surface area contributed by atoms with Crippen LogP contribution in [0.15, 0.2) is 94.5 Å². The fourth-order valence-electron chi connectivity index (χ4n) is 7.37. The molecule has 0 atom stereocenters. The lowest BCUT2D eigenvalue weighted by atomic mass is 9.94. The Bertz CT molecular complexity index is 2560. The first-order valence-electron chi connectivity index (χ1n) is 18.1. The summed E-state index contributed by atoms with van der Waals surface area (Å²) < 4.78 is 4.43. The summed E-state index contributed by atoms with van der Waals surface area (Å²) in [6.45, 7) is 21.8. The number of hydrogen-bond acceptors (Lipinski definition) is 2. The van der Waals surface area contributed by atoms with Gasteiger partial charge in [0.05, 0.1) is 22.1 Å². The fraction of sp³-hybridized carbons (Fsp3) is 0.304. The van der Waals surface area contributed by atoms with Gasteiger partial charge in [0.15, 0.2) is 10.9 Å². The van der Waals surface area contributed by atoms with Crippen molar-refractivity contribution in [1.82, 2.24) is 9.13 Å². The van der Waals surface area contributed by atoms with Crippen molar-refractivity contribution >= 4 is 43.6 Å². The molecule has 5 aromatic carbocycles. The van der Waals surface area contributed by atoms with Gasteiger partial charge in [-0.1, -0.05) is 85.2 Å². The molecule has 0 fully saturated rings. The zero-order valence-electron chi connectivity index (χ0n) is 31.1. The van der Waals surface area contributed by atoms with Crippen LogP contribution in [0.4, 0.5) is 0 Å². The molecule has 0 saturated heterocycles. The van der Waals surface area contributed by atoms with Crippen molar-refractivity contribution in [2.45, 2.75) is 92.9 Å². The Kier molecular flexibility index (Phi) is 8.33. The van der Waals surface area contributed by atoms with Crippen LogP contribution in [0.3, 0.4) is 0 Å². The molecule has 50 heavy (non-hydrogen) atoms. The van der Waals surface area contributed by atoms with Crippen LogP contribution in [0.5, 0.6) is 0 Å². The Hall–Kier alpha value is -4.96. The predicted molar refractivity (Wildman–Crippen MR) is 213 cm³/mol. The number of pyridine rings is 2. The van der Waals surface area contributed by atoms with Gasteiger partial charge < -0.3 is 9.13 Å². The molecular formula is C46H48N2O2. The predicted octanol–water partition coefficient (Wildman–Crippen LogP) is 11.7. The van der Waals surface area contributed by atoms with E-state index in [2.05, 4.69) is 126 Å². The lowest BCUT2D eigenvalue weighted by Crippen LogP contribution is -2.15. The normalized spacial score (nSPS) is 12.3. The summed E-state index contributed by atoms with van der Waals surface area (Å²) >= 11 is 0. The Balaban J connectivity index is 1.72. The molecule has 7 aromatic rings. The molecule has 0 unspecified atom stereocenters. The van der Waals surface area contributed by atoms with Gasteiger partial charge in [-0.2, -0.15) is 0 Å². The van der Waals surface area contributed by atoms with E-state index in [1.165, 1.54) is 22.3 Å². The van der Waals surface area contributed by atoms with Gasteiger partial charge in [0.25, 0.3) is 0 Å². The van der Waals surface area contributed by atoms with E-state index >= 15 is 0 Å². The zero-order valence-corrected chi connectivity index (χ0v) is 31.1. The van der Waals surface area contributed by atoms with E-state index in [-0.39, 0.29) is 10.9 Å². The lowest BCUT2D eigenvalue weighted by molar-refractivity contribution is 0.830. The van der Waals surface area contributed by atoms with Crippen LogP contribution in [0.2, 0.25) is 0 Å². The van der Waals surface area contributed by atoms with Crippen LogP contribution in [-0.4, -0.2) is 9.13 Å². The maximum Gasteiger partial charge on any atom is 0.197 e. The summed E-state index contributed by atoms with van der Waals surface area (Å²) in [7, 11) is 0. The summed E-state index contributed by atoms with van der Waals surface area (Å²) in [6, 6.07) is 29.8.